The summed E-state index contributed by atoms with van der Waals surface area (Å²) < 4.78 is 10.7. The molecule has 0 spiro atoms. The van der Waals surface area contributed by atoms with Crippen molar-refractivity contribution in [3.8, 4) is 5.75 Å². The summed E-state index contributed by atoms with van der Waals surface area (Å²) in [7, 11) is 1.70. The Morgan fingerprint density at radius 1 is 1.16 bits per heavy atom. The van der Waals surface area contributed by atoms with Crippen molar-refractivity contribution in [3.05, 3.63) is 54.5 Å². The maximum absolute atomic E-state index is 12.7. The molecule has 1 atom stereocenters. The summed E-state index contributed by atoms with van der Waals surface area (Å²) >= 11 is 0. The standard InChI is InChI=1S/C19H24N2O4/c1-14(2)17(20-18(22)16-10-7-12-25-16)19(23)21(3)11-13-24-15-8-5-4-6-9-15/h4-10,12,14,17H,11,13H2,1-3H3,(H,20,22). The summed E-state index contributed by atoms with van der Waals surface area (Å²) in [4.78, 5) is 26.4. The summed E-state index contributed by atoms with van der Waals surface area (Å²) in [6.07, 6.45) is 1.42. The Balaban J connectivity index is 1.88. The van der Waals surface area contributed by atoms with Gasteiger partial charge in [0, 0.05) is 7.05 Å². The summed E-state index contributed by atoms with van der Waals surface area (Å²) in [5, 5.41) is 2.74. The minimum atomic E-state index is -0.626. The maximum Gasteiger partial charge on any atom is 0.287 e. The summed E-state index contributed by atoms with van der Waals surface area (Å²) in [5.41, 5.74) is 0. The van der Waals surface area contributed by atoms with Gasteiger partial charge in [0.2, 0.25) is 5.91 Å². The van der Waals surface area contributed by atoms with E-state index >= 15 is 0 Å². The fourth-order valence-corrected chi connectivity index (χ4v) is 2.30. The van der Waals surface area contributed by atoms with E-state index in [-0.39, 0.29) is 17.6 Å². The Morgan fingerprint density at radius 2 is 1.88 bits per heavy atom. The zero-order valence-corrected chi connectivity index (χ0v) is 14.8. The lowest BCUT2D eigenvalue weighted by Crippen LogP contribution is -2.50. The summed E-state index contributed by atoms with van der Waals surface area (Å²) in [5.74, 6) is 0.338. The molecule has 6 heteroatoms. The molecule has 0 aliphatic heterocycles. The number of furan rings is 1. The molecule has 6 nitrogen and oxygen atoms in total. The zero-order chi connectivity index (χ0) is 18.2. The molecule has 1 aromatic carbocycles. The van der Waals surface area contributed by atoms with E-state index < -0.39 is 11.9 Å². The SMILES string of the molecule is CC(C)C(NC(=O)c1ccco1)C(=O)N(C)CCOc1ccccc1. The lowest BCUT2D eigenvalue weighted by atomic mass is 10.0. The number of carbonyl (C=O) groups is 2. The Labute approximate surface area is 147 Å². The molecule has 0 bridgehead atoms. The monoisotopic (exact) mass is 344 g/mol. The molecule has 2 aromatic rings. The topological polar surface area (TPSA) is 71.8 Å². The fraction of sp³-hybridized carbons (Fsp3) is 0.368. The van der Waals surface area contributed by atoms with Gasteiger partial charge in [-0.25, -0.2) is 0 Å². The first-order chi connectivity index (χ1) is 12.0. The number of para-hydroxylation sites is 1. The van der Waals surface area contributed by atoms with Gasteiger partial charge in [-0.15, -0.1) is 0 Å². The first-order valence-electron chi connectivity index (χ1n) is 8.26. The number of likely N-dealkylation sites (N-methyl/N-ethyl adjacent to an activating group) is 1. The summed E-state index contributed by atoms with van der Waals surface area (Å²) in [6, 6.07) is 12.0. The minimum absolute atomic E-state index is 0.0519. The largest absolute Gasteiger partial charge is 0.492 e. The average molecular weight is 344 g/mol. The van der Waals surface area contributed by atoms with Gasteiger partial charge in [-0.1, -0.05) is 32.0 Å². The van der Waals surface area contributed by atoms with Crippen molar-refractivity contribution in [3.63, 3.8) is 0 Å². The van der Waals surface area contributed by atoms with E-state index in [1.165, 1.54) is 6.26 Å². The Bertz CT molecular complexity index is 668. The molecule has 1 unspecified atom stereocenters. The van der Waals surface area contributed by atoms with Gasteiger partial charge in [0.05, 0.1) is 12.8 Å². The predicted molar refractivity (Wildman–Crippen MR) is 94.4 cm³/mol. The number of rotatable bonds is 8. The fourth-order valence-electron chi connectivity index (χ4n) is 2.30. The molecule has 134 valence electrons. The molecule has 25 heavy (non-hydrogen) atoms. The van der Waals surface area contributed by atoms with Crippen LogP contribution in [0.25, 0.3) is 0 Å². The molecule has 0 aliphatic rings. The number of ether oxygens (including phenoxy) is 1. The highest BCUT2D eigenvalue weighted by atomic mass is 16.5. The van der Waals surface area contributed by atoms with E-state index in [1.807, 2.05) is 44.2 Å². The molecular weight excluding hydrogens is 320 g/mol. The van der Waals surface area contributed by atoms with Gasteiger partial charge in [-0.05, 0) is 30.2 Å². The maximum atomic E-state index is 12.7. The number of hydrogen-bond acceptors (Lipinski definition) is 4. The van der Waals surface area contributed by atoms with Crippen molar-refractivity contribution in [2.24, 2.45) is 5.92 Å². The van der Waals surface area contributed by atoms with Crippen LogP contribution in [0.15, 0.2) is 53.1 Å². The lowest BCUT2D eigenvalue weighted by Gasteiger charge is -2.26. The van der Waals surface area contributed by atoms with Gasteiger partial charge in [0.25, 0.3) is 5.91 Å². The van der Waals surface area contributed by atoms with Crippen LogP contribution in [-0.2, 0) is 4.79 Å². The van der Waals surface area contributed by atoms with E-state index in [0.717, 1.165) is 5.75 Å². The third-order valence-electron chi connectivity index (χ3n) is 3.78. The number of amides is 2. The highest BCUT2D eigenvalue weighted by Gasteiger charge is 2.28. The van der Waals surface area contributed by atoms with Crippen LogP contribution in [0.5, 0.6) is 5.75 Å². The van der Waals surface area contributed by atoms with Gasteiger partial charge in [-0.3, -0.25) is 9.59 Å². The first-order valence-corrected chi connectivity index (χ1v) is 8.26. The Morgan fingerprint density at radius 3 is 2.48 bits per heavy atom. The second-order valence-electron chi connectivity index (χ2n) is 6.09. The van der Waals surface area contributed by atoms with E-state index in [2.05, 4.69) is 5.32 Å². The van der Waals surface area contributed by atoms with Gasteiger partial charge < -0.3 is 19.4 Å². The van der Waals surface area contributed by atoms with Crippen molar-refractivity contribution in [1.29, 1.82) is 0 Å². The van der Waals surface area contributed by atoms with Crippen LogP contribution in [0.4, 0.5) is 0 Å². The first kappa shape index (κ1) is 18.6. The third-order valence-corrected chi connectivity index (χ3v) is 3.78. The Hall–Kier alpha value is -2.76. The Kier molecular flexibility index (Phi) is 6.62. The molecule has 0 fully saturated rings. The average Bonchev–Trinajstić information content (AvgIpc) is 3.14. The van der Waals surface area contributed by atoms with Gasteiger partial charge in [-0.2, -0.15) is 0 Å². The molecule has 0 saturated heterocycles. The quantitative estimate of drug-likeness (QED) is 0.799. The van der Waals surface area contributed by atoms with Crippen LogP contribution >= 0.6 is 0 Å². The normalized spacial score (nSPS) is 11.8. The van der Waals surface area contributed by atoms with Crippen LogP contribution in [0.3, 0.4) is 0 Å². The predicted octanol–water partition coefficient (Wildman–Crippen LogP) is 2.57. The smallest absolute Gasteiger partial charge is 0.287 e. The van der Waals surface area contributed by atoms with E-state index in [1.54, 1.807) is 24.1 Å². The van der Waals surface area contributed by atoms with E-state index in [9.17, 15) is 9.59 Å². The number of nitrogens with one attached hydrogen (secondary N) is 1. The number of benzene rings is 1. The molecule has 1 N–H and O–H groups in total. The van der Waals surface area contributed by atoms with Crippen molar-refractivity contribution in [1.82, 2.24) is 10.2 Å². The molecule has 0 aliphatic carbocycles. The van der Waals surface area contributed by atoms with Crippen LogP contribution in [0, 0.1) is 5.92 Å². The van der Waals surface area contributed by atoms with Crippen LogP contribution < -0.4 is 10.1 Å². The van der Waals surface area contributed by atoms with Gasteiger partial charge in [0.15, 0.2) is 5.76 Å². The number of nitrogens with zero attached hydrogens (tertiary/aromatic N) is 1. The van der Waals surface area contributed by atoms with Gasteiger partial charge >= 0.3 is 0 Å². The van der Waals surface area contributed by atoms with Crippen molar-refractivity contribution < 1.29 is 18.7 Å². The third kappa shape index (κ3) is 5.38. The van der Waals surface area contributed by atoms with Gasteiger partial charge in [0.1, 0.15) is 18.4 Å². The highest BCUT2D eigenvalue weighted by Crippen LogP contribution is 2.10. The molecule has 2 amide bonds. The van der Waals surface area contributed by atoms with Crippen LogP contribution in [-0.4, -0.2) is 43.0 Å². The second-order valence-corrected chi connectivity index (χ2v) is 6.09. The molecule has 0 saturated carbocycles. The number of hydrogen-bond donors (Lipinski definition) is 1. The van der Waals surface area contributed by atoms with Crippen LogP contribution in [0.1, 0.15) is 24.4 Å². The zero-order valence-electron chi connectivity index (χ0n) is 14.8. The van der Waals surface area contributed by atoms with E-state index in [4.69, 9.17) is 9.15 Å². The van der Waals surface area contributed by atoms with Crippen molar-refractivity contribution in [2.75, 3.05) is 20.2 Å². The number of carbonyl (C=O) groups excluding carboxylic acids is 2. The van der Waals surface area contributed by atoms with Crippen molar-refractivity contribution in [2.45, 2.75) is 19.9 Å². The minimum Gasteiger partial charge on any atom is -0.492 e. The van der Waals surface area contributed by atoms with Crippen LogP contribution in [0.2, 0.25) is 0 Å². The molecule has 2 rings (SSSR count). The van der Waals surface area contributed by atoms with E-state index in [0.29, 0.717) is 13.2 Å². The molecule has 1 aromatic heterocycles. The lowest BCUT2D eigenvalue weighted by molar-refractivity contribution is -0.133. The highest BCUT2D eigenvalue weighted by molar-refractivity contribution is 5.95. The summed E-state index contributed by atoms with van der Waals surface area (Å²) in [6.45, 7) is 4.58. The van der Waals surface area contributed by atoms with Crippen molar-refractivity contribution >= 4 is 11.8 Å². The second kappa shape index (κ2) is 8.92. The molecule has 0 radical (unpaired) electrons. The molecule has 1 heterocycles. The molecular formula is C19H24N2O4.